The molecule has 0 aromatic carbocycles. The van der Waals surface area contributed by atoms with Gasteiger partial charge in [-0.15, -0.1) is 0 Å². The number of likely N-dealkylation sites (tertiary alicyclic amines) is 1. The molecule has 0 aromatic rings. The molecule has 4 unspecified atom stereocenters. The maximum absolute atomic E-state index is 11.8. The van der Waals surface area contributed by atoms with Crippen molar-refractivity contribution in [1.29, 1.82) is 0 Å². The average molecular weight is 402 g/mol. The molecule has 2 N–H and O–H groups in total. The summed E-state index contributed by atoms with van der Waals surface area (Å²) in [5, 5.41) is 8.41. The lowest BCUT2D eigenvalue weighted by Crippen LogP contribution is -2.60. The smallest absolute Gasteiger partial charge is 0.150 e. The second kappa shape index (κ2) is 8.27. The first kappa shape index (κ1) is 19.5. The standard InChI is InChI=1S/C19H35N3O2S2/c1-26(23,24)17-7-5-15(6-8-17)22-11-10-14-4-9-18(21-19(14)22)20-13-16-3-2-12-25-16/h14-21H,2-13H2,1H3. The van der Waals surface area contributed by atoms with Gasteiger partial charge in [0.15, 0.2) is 0 Å². The molecule has 1 saturated carbocycles. The van der Waals surface area contributed by atoms with Crippen LogP contribution in [0.15, 0.2) is 0 Å². The zero-order valence-electron chi connectivity index (χ0n) is 16.0. The van der Waals surface area contributed by atoms with E-state index in [9.17, 15) is 8.42 Å². The van der Waals surface area contributed by atoms with Gasteiger partial charge in [-0.2, -0.15) is 11.8 Å². The molecule has 1 aliphatic carbocycles. The molecule has 0 spiro atoms. The van der Waals surface area contributed by atoms with Gasteiger partial charge < -0.3 is 5.32 Å². The molecule has 4 fully saturated rings. The topological polar surface area (TPSA) is 61.4 Å². The Bertz CT molecular complexity index is 571. The molecule has 3 heterocycles. The maximum atomic E-state index is 11.8. The van der Waals surface area contributed by atoms with E-state index in [-0.39, 0.29) is 5.25 Å². The molecule has 3 aliphatic heterocycles. The highest BCUT2D eigenvalue weighted by atomic mass is 32.2. The second-order valence-electron chi connectivity index (χ2n) is 8.83. The molecule has 26 heavy (non-hydrogen) atoms. The fourth-order valence-electron chi connectivity index (χ4n) is 5.54. The minimum Gasteiger partial charge on any atom is -0.301 e. The van der Waals surface area contributed by atoms with Gasteiger partial charge in [-0.3, -0.25) is 10.2 Å². The van der Waals surface area contributed by atoms with Gasteiger partial charge in [-0.25, -0.2) is 8.42 Å². The fourth-order valence-corrected chi connectivity index (χ4v) is 7.88. The first-order valence-corrected chi connectivity index (χ1v) is 13.6. The third-order valence-corrected chi connectivity index (χ3v) is 10.2. The Kier molecular flexibility index (Phi) is 6.20. The zero-order valence-corrected chi connectivity index (χ0v) is 17.7. The van der Waals surface area contributed by atoms with Gasteiger partial charge in [0.05, 0.1) is 17.6 Å². The third-order valence-electron chi connectivity index (χ3n) is 7.09. The van der Waals surface area contributed by atoms with Crippen molar-refractivity contribution in [2.24, 2.45) is 5.92 Å². The number of rotatable bonds is 5. The minimum absolute atomic E-state index is 0.102. The van der Waals surface area contributed by atoms with Gasteiger partial charge in [-0.1, -0.05) is 0 Å². The van der Waals surface area contributed by atoms with Crippen LogP contribution in [0.2, 0.25) is 0 Å². The van der Waals surface area contributed by atoms with Gasteiger partial charge in [0.25, 0.3) is 0 Å². The van der Waals surface area contributed by atoms with Gasteiger partial charge >= 0.3 is 0 Å². The predicted octanol–water partition coefficient (Wildman–Crippen LogP) is 2.18. The molecule has 0 aromatic heterocycles. The van der Waals surface area contributed by atoms with Gasteiger partial charge in [0, 0.05) is 30.6 Å². The van der Waals surface area contributed by atoms with E-state index in [1.54, 1.807) is 0 Å². The number of hydrogen-bond donors (Lipinski definition) is 2. The molecule has 4 atom stereocenters. The molecule has 7 heteroatoms. The highest BCUT2D eigenvalue weighted by Crippen LogP contribution is 2.37. The summed E-state index contributed by atoms with van der Waals surface area (Å²) < 4.78 is 23.7. The Morgan fingerprint density at radius 2 is 1.88 bits per heavy atom. The Hall–Kier alpha value is 0.180. The van der Waals surface area contributed by atoms with Crippen LogP contribution in [0.3, 0.4) is 0 Å². The van der Waals surface area contributed by atoms with Gasteiger partial charge in [0.2, 0.25) is 0 Å². The van der Waals surface area contributed by atoms with E-state index in [4.69, 9.17) is 0 Å². The Morgan fingerprint density at radius 1 is 1.08 bits per heavy atom. The lowest BCUT2D eigenvalue weighted by atomic mass is 9.91. The van der Waals surface area contributed by atoms with Crippen LogP contribution >= 0.6 is 11.8 Å². The fraction of sp³-hybridized carbons (Fsp3) is 1.00. The summed E-state index contributed by atoms with van der Waals surface area (Å²) >= 11 is 2.13. The van der Waals surface area contributed by atoms with Crippen molar-refractivity contribution in [1.82, 2.24) is 15.5 Å². The zero-order chi connectivity index (χ0) is 18.1. The van der Waals surface area contributed by atoms with Crippen LogP contribution in [-0.2, 0) is 9.84 Å². The average Bonchev–Trinajstić information content (AvgIpc) is 3.28. The van der Waals surface area contributed by atoms with Crippen molar-refractivity contribution in [3.63, 3.8) is 0 Å². The van der Waals surface area contributed by atoms with Crippen LogP contribution in [0.1, 0.15) is 57.8 Å². The maximum Gasteiger partial charge on any atom is 0.150 e. The van der Waals surface area contributed by atoms with Crippen molar-refractivity contribution in [2.75, 3.05) is 25.1 Å². The monoisotopic (exact) mass is 401 g/mol. The number of nitrogens with zero attached hydrogens (tertiary/aromatic N) is 1. The summed E-state index contributed by atoms with van der Waals surface area (Å²) in [6.45, 7) is 2.32. The number of fused-ring (bicyclic) bond motifs is 1. The van der Waals surface area contributed by atoms with Crippen molar-refractivity contribution in [3.05, 3.63) is 0 Å². The summed E-state index contributed by atoms with van der Waals surface area (Å²) in [5.41, 5.74) is 0. The quantitative estimate of drug-likeness (QED) is 0.736. The van der Waals surface area contributed by atoms with Gasteiger partial charge in [-0.05, 0) is 69.5 Å². The molecular weight excluding hydrogens is 366 g/mol. The number of hydrogen-bond acceptors (Lipinski definition) is 6. The molecule has 5 nitrogen and oxygen atoms in total. The van der Waals surface area contributed by atoms with Crippen molar-refractivity contribution in [2.45, 2.75) is 86.7 Å². The van der Waals surface area contributed by atoms with E-state index in [0.29, 0.717) is 18.4 Å². The van der Waals surface area contributed by atoms with E-state index in [2.05, 4.69) is 27.3 Å². The summed E-state index contributed by atoms with van der Waals surface area (Å²) in [5.74, 6) is 2.11. The van der Waals surface area contributed by atoms with E-state index >= 15 is 0 Å². The summed E-state index contributed by atoms with van der Waals surface area (Å²) in [6.07, 6.45) is 12.7. The Morgan fingerprint density at radius 3 is 2.58 bits per heavy atom. The molecular formula is C19H35N3O2S2. The van der Waals surface area contributed by atoms with Gasteiger partial charge in [0.1, 0.15) is 9.84 Å². The second-order valence-corrected chi connectivity index (χ2v) is 12.6. The van der Waals surface area contributed by atoms with E-state index < -0.39 is 9.84 Å². The van der Waals surface area contributed by atoms with E-state index in [1.807, 2.05) is 0 Å². The molecule has 150 valence electrons. The summed E-state index contributed by atoms with van der Waals surface area (Å²) in [7, 11) is -2.87. The van der Waals surface area contributed by atoms with Crippen LogP contribution in [0.25, 0.3) is 0 Å². The minimum atomic E-state index is -2.87. The van der Waals surface area contributed by atoms with E-state index in [1.165, 1.54) is 50.7 Å². The van der Waals surface area contributed by atoms with Crippen molar-refractivity contribution >= 4 is 21.6 Å². The molecule has 4 rings (SSSR count). The molecule has 3 saturated heterocycles. The van der Waals surface area contributed by atoms with Crippen LogP contribution in [0.4, 0.5) is 0 Å². The molecule has 0 bridgehead atoms. The normalized spacial score (nSPS) is 42.0. The van der Waals surface area contributed by atoms with Crippen LogP contribution in [0, 0.1) is 5.92 Å². The molecule has 0 amide bonds. The Labute approximate surface area is 163 Å². The highest BCUT2D eigenvalue weighted by Gasteiger charge is 2.42. The lowest BCUT2D eigenvalue weighted by molar-refractivity contribution is 0.0709. The summed E-state index contributed by atoms with van der Waals surface area (Å²) in [4.78, 5) is 2.68. The lowest BCUT2D eigenvalue weighted by Gasteiger charge is -2.43. The molecule has 4 aliphatic rings. The van der Waals surface area contributed by atoms with Crippen molar-refractivity contribution in [3.8, 4) is 0 Å². The first-order chi connectivity index (χ1) is 12.5. The third kappa shape index (κ3) is 4.43. The largest absolute Gasteiger partial charge is 0.301 e. The van der Waals surface area contributed by atoms with Crippen molar-refractivity contribution < 1.29 is 8.42 Å². The number of nitrogens with one attached hydrogen (secondary N) is 2. The number of piperidine rings is 1. The summed E-state index contributed by atoms with van der Waals surface area (Å²) in [6, 6.07) is 0.569. The predicted molar refractivity (Wildman–Crippen MR) is 109 cm³/mol. The van der Waals surface area contributed by atoms with E-state index in [0.717, 1.165) is 43.4 Å². The van der Waals surface area contributed by atoms with Crippen LogP contribution < -0.4 is 10.6 Å². The van der Waals surface area contributed by atoms with Crippen LogP contribution in [-0.4, -0.2) is 67.3 Å². The highest BCUT2D eigenvalue weighted by molar-refractivity contribution is 8.00. The number of sulfone groups is 1. The number of thioether (sulfide) groups is 1. The first-order valence-electron chi connectivity index (χ1n) is 10.6. The van der Waals surface area contributed by atoms with Crippen LogP contribution in [0.5, 0.6) is 0 Å². The Balaban J connectivity index is 1.29. The SMILES string of the molecule is CS(=O)(=O)C1CCC(N2CCC3CCC(NCC4CCCS4)NC32)CC1. The molecule has 0 radical (unpaired) electrons.